The Morgan fingerprint density at radius 2 is 2.10 bits per heavy atom. The Hall–Kier alpha value is -1.62. The summed E-state index contributed by atoms with van der Waals surface area (Å²) in [5.41, 5.74) is 3.59. The van der Waals surface area contributed by atoms with Crippen LogP contribution in [0.1, 0.15) is 61.6 Å². The van der Waals surface area contributed by atoms with Gasteiger partial charge in [0.2, 0.25) is 0 Å². The van der Waals surface area contributed by atoms with E-state index in [-0.39, 0.29) is 5.41 Å². The van der Waals surface area contributed by atoms with Gasteiger partial charge in [-0.25, -0.2) is 0 Å². The van der Waals surface area contributed by atoms with Crippen LogP contribution in [0.2, 0.25) is 0 Å². The van der Waals surface area contributed by atoms with Gasteiger partial charge in [-0.1, -0.05) is 13.0 Å². The molecular weight excluding hydrogens is 258 g/mol. The minimum absolute atomic E-state index is 0.0364. The zero-order chi connectivity index (χ0) is 14.6. The SMILES string of the molecule is C[C@]12CC[C@@H]3c4ccc(C#N)cc4CC[C@H]3[C@@H]1CCC2=O. The van der Waals surface area contributed by atoms with Crippen LogP contribution in [0.4, 0.5) is 0 Å². The summed E-state index contributed by atoms with van der Waals surface area (Å²) in [5, 5.41) is 9.07. The molecule has 0 heterocycles. The average molecular weight is 279 g/mol. The number of aryl methyl sites for hydroxylation is 1. The fraction of sp³-hybridized carbons (Fsp3) is 0.579. The molecule has 1 aromatic rings. The molecule has 3 aliphatic carbocycles. The average Bonchev–Trinajstić information content (AvgIpc) is 2.82. The van der Waals surface area contributed by atoms with Gasteiger partial charge in [-0.15, -0.1) is 0 Å². The van der Waals surface area contributed by atoms with Crippen LogP contribution < -0.4 is 0 Å². The minimum Gasteiger partial charge on any atom is -0.299 e. The molecule has 0 bridgehead atoms. The molecule has 0 amide bonds. The lowest BCUT2D eigenvalue weighted by Crippen LogP contribution is -2.42. The van der Waals surface area contributed by atoms with Crippen molar-refractivity contribution in [2.75, 3.05) is 0 Å². The standard InChI is InChI=1S/C19H21NO/c1-19-9-8-15-14-4-2-12(11-20)10-13(14)3-5-16(15)17(19)6-7-18(19)21/h2,4,10,15-17H,3,5-9H2,1H3/t15-,16-,17+,19+/m1/s1. The van der Waals surface area contributed by atoms with E-state index in [4.69, 9.17) is 5.26 Å². The van der Waals surface area contributed by atoms with Gasteiger partial charge < -0.3 is 0 Å². The van der Waals surface area contributed by atoms with Crippen LogP contribution in [0.5, 0.6) is 0 Å². The van der Waals surface area contributed by atoms with Crippen LogP contribution in [0.3, 0.4) is 0 Å². The molecule has 3 aliphatic rings. The van der Waals surface area contributed by atoms with Gasteiger partial charge in [0, 0.05) is 11.8 Å². The number of ketones is 1. The molecule has 4 rings (SSSR count). The van der Waals surface area contributed by atoms with Crippen LogP contribution in [-0.2, 0) is 11.2 Å². The van der Waals surface area contributed by atoms with E-state index in [9.17, 15) is 4.79 Å². The second kappa shape index (κ2) is 4.44. The maximum atomic E-state index is 12.3. The number of Topliss-reactive ketones (excluding diaryl/α,β-unsaturated/α-hetero) is 1. The lowest BCUT2D eigenvalue weighted by atomic mass is 9.55. The Bertz CT molecular complexity index is 656. The Morgan fingerprint density at radius 1 is 1.24 bits per heavy atom. The van der Waals surface area contributed by atoms with Gasteiger partial charge in [-0.2, -0.15) is 5.26 Å². The zero-order valence-corrected chi connectivity index (χ0v) is 12.6. The number of carbonyl (C=O) groups excluding carboxylic acids is 1. The highest BCUT2D eigenvalue weighted by molar-refractivity contribution is 5.87. The molecule has 1 aromatic carbocycles. The third kappa shape index (κ3) is 1.73. The van der Waals surface area contributed by atoms with Gasteiger partial charge in [-0.05, 0) is 73.1 Å². The van der Waals surface area contributed by atoms with Crippen LogP contribution in [-0.4, -0.2) is 5.78 Å². The molecule has 108 valence electrons. The number of rotatable bonds is 0. The lowest BCUT2D eigenvalue weighted by molar-refractivity contribution is -0.129. The molecule has 0 unspecified atom stereocenters. The highest BCUT2D eigenvalue weighted by atomic mass is 16.1. The fourth-order valence-corrected chi connectivity index (χ4v) is 5.42. The quantitative estimate of drug-likeness (QED) is 0.720. The number of benzene rings is 1. The van der Waals surface area contributed by atoms with Crippen molar-refractivity contribution >= 4 is 5.78 Å². The van der Waals surface area contributed by atoms with Gasteiger partial charge in [0.25, 0.3) is 0 Å². The Morgan fingerprint density at radius 3 is 2.90 bits per heavy atom. The molecule has 2 heteroatoms. The fourth-order valence-electron chi connectivity index (χ4n) is 5.42. The molecule has 0 saturated heterocycles. The summed E-state index contributed by atoms with van der Waals surface area (Å²) < 4.78 is 0. The van der Waals surface area contributed by atoms with Gasteiger partial charge in [0.05, 0.1) is 11.6 Å². The van der Waals surface area contributed by atoms with E-state index in [0.717, 1.165) is 37.7 Å². The van der Waals surface area contributed by atoms with Crippen molar-refractivity contribution < 1.29 is 4.79 Å². The second-order valence-electron chi connectivity index (χ2n) is 7.36. The molecule has 0 spiro atoms. The van der Waals surface area contributed by atoms with E-state index in [0.29, 0.717) is 23.5 Å². The van der Waals surface area contributed by atoms with Crippen molar-refractivity contribution in [2.45, 2.75) is 51.4 Å². The van der Waals surface area contributed by atoms with Crippen molar-refractivity contribution in [3.05, 3.63) is 34.9 Å². The van der Waals surface area contributed by atoms with E-state index in [1.54, 1.807) is 0 Å². The maximum Gasteiger partial charge on any atom is 0.139 e. The van der Waals surface area contributed by atoms with Crippen molar-refractivity contribution in [3.8, 4) is 6.07 Å². The van der Waals surface area contributed by atoms with Crippen LogP contribution in [0.25, 0.3) is 0 Å². The number of carbonyl (C=O) groups is 1. The normalized spacial score (nSPS) is 37.3. The first-order valence-corrected chi connectivity index (χ1v) is 8.20. The molecule has 2 saturated carbocycles. The van der Waals surface area contributed by atoms with Crippen molar-refractivity contribution in [2.24, 2.45) is 17.3 Å². The number of nitriles is 1. The Labute approximate surface area is 126 Å². The molecular formula is C19H21NO. The van der Waals surface area contributed by atoms with Crippen LogP contribution in [0, 0.1) is 28.6 Å². The Balaban J connectivity index is 1.72. The first kappa shape index (κ1) is 13.1. The van der Waals surface area contributed by atoms with E-state index in [1.807, 2.05) is 6.07 Å². The second-order valence-corrected chi connectivity index (χ2v) is 7.36. The summed E-state index contributed by atoms with van der Waals surface area (Å²) in [6.07, 6.45) is 6.36. The summed E-state index contributed by atoms with van der Waals surface area (Å²) in [5.74, 6) is 2.39. The maximum absolute atomic E-state index is 12.3. The molecule has 0 radical (unpaired) electrons. The first-order chi connectivity index (χ1) is 10.1. The van der Waals surface area contributed by atoms with Gasteiger partial charge in [-0.3, -0.25) is 4.79 Å². The predicted octanol–water partition coefficient (Wildman–Crippen LogP) is 3.98. The number of nitrogens with zero attached hydrogens (tertiary/aromatic N) is 1. The molecule has 21 heavy (non-hydrogen) atoms. The summed E-state index contributed by atoms with van der Waals surface area (Å²) in [6.45, 7) is 2.22. The minimum atomic E-state index is -0.0364. The molecule has 2 nitrogen and oxygen atoms in total. The van der Waals surface area contributed by atoms with Crippen molar-refractivity contribution in [3.63, 3.8) is 0 Å². The molecule has 2 fully saturated rings. The van der Waals surface area contributed by atoms with Crippen molar-refractivity contribution in [1.82, 2.24) is 0 Å². The molecule has 0 aliphatic heterocycles. The zero-order valence-electron chi connectivity index (χ0n) is 12.6. The molecule has 0 aromatic heterocycles. The topological polar surface area (TPSA) is 40.9 Å². The van der Waals surface area contributed by atoms with E-state index in [1.165, 1.54) is 17.5 Å². The molecule has 4 atom stereocenters. The largest absolute Gasteiger partial charge is 0.299 e. The van der Waals surface area contributed by atoms with Crippen LogP contribution in [0.15, 0.2) is 18.2 Å². The summed E-state index contributed by atoms with van der Waals surface area (Å²) in [6, 6.07) is 8.49. The summed E-state index contributed by atoms with van der Waals surface area (Å²) >= 11 is 0. The number of hydrogen-bond donors (Lipinski definition) is 0. The highest BCUT2D eigenvalue weighted by Gasteiger charge is 2.54. The van der Waals surface area contributed by atoms with Gasteiger partial charge in [0.15, 0.2) is 0 Å². The smallest absolute Gasteiger partial charge is 0.139 e. The van der Waals surface area contributed by atoms with E-state index < -0.39 is 0 Å². The highest BCUT2D eigenvalue weighted by Crippen LogP contribution is 2.59. The summed E-state index contributed by atoms with van der Waals surface area (Å²) in [7, 11) is 0. The third-order valence-corrected chi connectivity index (χ3v) is 6.56. The van der Waals surface area contributed by atoms with Crippen LogP contribution >= 0.6 is 0 Å². The van der Waals surface area contributed by atoms with Gasteiger partial charge >= 0.3 is 0 Å². The Kier molecular flexibility index (Phi) is 2.76. The predicted molar refractivity (Wildman–Crippen MR) is 80.8 cm³/mol. The lowest BCUT2D eigenvalue weighted by Gasteiger charge is -2.48. The number of fused-ring (bicyclic) bond motifs is 5. The third-order valence-electron chi connectivity index (χ3n) is 6.56. The summed E-state index contributed by atoms with van der Waals surface area (Å²) in [4.78, 5) is 12.3. The molecule has 0 N–H and O–H groups in total. The van der Waals surface area contributed by atoms with E-state index in [2.05, 4.69) is 25.1 Å². The van der Waals surface area contributed by atoms with Gasteiger partial charge in [0.1, 0.15) is 5.78 Å². The number of hydrogen-bond acceptors (Lipinski definition) is 2. The first-order valence-electron chi connectivity index (χ1n) is 8.20. The van der Waals surface area contributed by atoms with Crippen molar-refractivity contribution in [1.29, 1.82) is 5.26 Å². The monoisotopic (exact) mass is 279 g/mol. The van der Waals surface area contributed by atoms with E-state index >= 15 is 0 Å².